The van der Waals surface area contributed by atoms with Gasteiger partial charge in [-0.15, -0.1) is 11.3 Å². The maximum atomic E-state index is 5.90. The minimum Gasteiger partial charge on any atom is -0.379 e. The van der Waals surface area contributed by atoms with E-state index in [1.807, 2.05) is 0 Å². The maximum absolute atomic E-state index is 5.90. The normalized spacial score (nSPS) is 22.9. The molecule has 3 heterocycles. The van der Waals surface area contributed by atoms with Crippen LogP contribution < -0.4 is 10.6 Å². The Morgan fingerprint density at radius 3 is 3.00 bits per heavy atom. The molecule has 1 fully saturated rings. The van der Waals surface area contributed by atoms with Crippen molar-refractivity contribution in [2.45, 2.75) is 32.8 Å². The molecule has 0 radical (unpaired) electrons. The van der Waals surface area contributed by atoms with Crippen LogP contribution in [0.5, 0.6) is 0 Å². The van der Waals surface area contributed by atoms with Crippen LogP contribution in [0, 0.1) is 5.92 Å². The predicted octanol–water partition coefficient (Wildman–Crippen LogP) is 2.70. The number of thiophene rings is 1. The fraction of sp³-hybridized carbons (Fsp3) is 0.600. The summed E-state index contributed by atoms with van der Waals surface area (Å²) in [6, 6.07) is 2.20. The minimum absolute atomic E-state index is 0.245. The van der Waals surface area contributed by atoms with Crippen molar-refractivity contribution in [1.82, 2.24) is 9.97 Å². The summed E-state index contributed by atoms with van der Waals surface area (Å²) in [6.07, 6.45) is 2.36. The van der Waals surface area contributed by atoms with Crippen LogP contribution in [0.2, 0.25) is 0 Å². The molecule has 114 valence electrons. The fourth-order valence-electron chi connectivity index (χ4n) is 2.92. The fourth-order valence-corrected chi connectivity index (χ4v) is 3.89. The summed E-state index contributed by atoms with van der Waals surface area (Å²) in [6.45, 7) is 6.25. The molecule has 2 aromatic heterocycles. The van der Waals surface area contributed by atoms with Crippen molar-refractivity contribution < 1.29 is 4.74 Å². The molecule has 1 aliphatic heterocycles. The molecule has 1 aliphatic rings. The third-order valence-corrected chi connectivity index (χ3v) is 5.45. The second kappa shape index (κ2) is 5.77. The number of aromatic nitrogens is 2. The Kier molecular flexibility index (Phi) is 3.99. The van der Waals surface area contributed by atoms with Gasteiger partial charge in [-0.3, -0.25) is 0 Å². The number of anilines is 2. The molecule has 6 heteroatoms. The van der Waals surface area contributed by atoms with E-state index in [0.29, 0.717) is 11.9 Å². The van der Waals surface area contributed by atoms with Crippen LogP contribution in [0.4, 0.5) is 11.8 Å². The Labute approximate surface area is 129 Å². The molecule has 1 saturated heterocycles. The first-order valence-corrected chi connectivity index (χ1v) is 8.27. The zero-order chi connectivity index (χ0) is 15.0. The quantitative estimate of drug-likeness (QED) is 0.944. The van der Waals surface area contributed by atoms with E-state index >= 15 is 0 Å². The number of piperidine rings is 1. The van der Waals surface area contributed by atoms with Gasteiger partial charge in [0.05, 0.1) is 11.5 Å². The molecule has 0 saturated carbocycles. The second-order valence-electron chi connectivity index (χ2n) is 5.68. The van der Waals surface area contributed by atoms with E-state index in [1.165, 1.54) is 4.88 Å². The second-order valence-corrected chi connectivity index (χ2v) is 6.79. The Hall–Kier alpha value is -1.40. The van der Waals surface area contributed by atoms with E-state index in [4.69, 9.17) is 10.5 Å². The largest absolute Gasteiger partial charge is 0.379 e. The van der Waals surface area contributed by atoms with E-state index in [0.717, 1.165) is 42.0 Å². The number of aryl methyl sites for hydroxylation is 1. The van der Waals surface area contributed by atoms with E-state index in [2.05, 4.69) is 34.8 Å². The number of nitrogens with zero attached hydrogens (tertiary/aromatic N) is 3. The van der Waals surface area contributed by atoms with Gasteiger partial charge in [0.1, 0.15) is 10.6 Å². The van der Waals surface area contributed by atoms with Gasteiger partial charge < -0.3 is 15.4 Å². The molecule has 0 bridgehead atoms. The zero-order valence-corrected chi connectivity index (χ0v) is 13.6. The van der Waals surface area contributed by atoms with Gasteiger partial charge in [0.2, 0.25) is 5.95 Å². The number of methoxy groups -OCH3 is 1. The van der Waals surface area contributed by atoms with Crippen LogP contribution in [-0.2, 0) is 11.2 Å². The molecule has 0 spiro atoms. The first-order chi connectivity index (χ1) is 10.1. The average Bonchev–Trinajstić information content (AvgIpc) is 2.89. The average molecular weight is 306 g/mol. The van der Waals surface area contributed by atoms with Gasteiger partial charge in [-0.1, -0.05) is 13.8 Å². The number of hydrogen-bond acceptors (Lipinski definition) is 6. The summed E-state index contributed by atoms with van der Waals surface area (Å²) in [4.78, 5) is 13.5. The molecular weight excluding hydrogens is 284 g/mol. The maximum Gasteiger partial charge on any atom is 0.223 e. The Balaban J connectivity index is 2.01. The van der Waals surface area contributed by atoms with Crippen LogP contribution in [0.1, 0.15) is 25.1 Å². The molecule has 2 aromatic rings. The van der Waals surface area contributed by atoms with Gasteiger partial charge >= 0.3 is 0 Å². The molecule has 3 rings (SSSR count). The van der Waals surface area contributed by atoms with Gasteiger partial charge in [-0.05, 0) is 24.8 Å². The summed E-state index contributed by atoms with van der Waals surface area (Å²) in [5.74, 6) is 1.89. The lowest BCUT2D eigenvalue weighted by molar-refractivity contribution is 0.0497. The van der Waals surface area contributed by atoms with Crippen molar-refractivity contribution in [3.63, 3.8) is 0 Å². The van der Waals surface area contributed by atoms with E-state index < -0.39 is 0 Å². The van der Waals surface area contributed by atoms with Crippen LogP contribution >= 0.6 is 11.3 Å². The summed E-state index contributed by atoms with van der Waals surface area (Å²) in [7, 11) is 1.79. The summed E-state index contributed by atoms with van der Waals surface area (Å²) in [5.41, 5.74) is 5.90. The van der Waals surface area contributed by atoms with E-state index in [9.17, 15) is 0 Å². The van der Waals surface area contributed by atoms with Crippen molar-refractivity contribution in [3.8, 4) is 0 Å². The Bertz CT molecular complexity index is 642. The van der Waals surface area contributed by atoms with Crippen molar-refractivity contribution in [2.24, 2.45) is 5.92 Å². The third-order valence-electron chi connectivity index (χ3n) is 4.28. The van der Waals surface area contributed by atoms with Crippen molar-refractivity contribution in [1.29, 1.82) is 0 Å². The number of rotatable bonds is 3. The standard InChI is InChI=1S/C15H22N4OS/c1-4-10-7-11-13(17-15(16)18-14(11)21-10)19-6-5-9(2)12(8-19)20-3/h7,9,12H,4-6,8H2,1-3H3,(H2,16,17,18). The lowest BCUT2D eigenvalue weighted by atomic mass is 9.96. The molecule has 2 N–H and O–H groups in total. The predicted molar refractivity (Wildman–Crippen MR) is 88.0 cm³/mol. The van der Waals surface area contributed by atoms with Crippen LogP contribution in [-0.4, -0.2) is 36.3 Å². The first kappa shape index (κ1) is 14.5. The number of nitrogens with two attached hydrogens (primary N) is 1. The number of fused-ring (bicyclic) bond motifs is 1. The van der Waals surface area contributed by atoms with E-state index in [-0.39, 0.29) is 6.10 Å². The highest BCUT2D eigenvalue weighted by Crippen LogP contribution is 2.34. The zero-order valence-electron chi connectivity index (χ0n) is 12.8. The minimum atomic E-state index is 0.245. The molecule has 0 aliphatic carbocycles. The lowest BCUT2D eigenvalue weighted by Gasteiger charge is -2.37. The summed E-state index contributed by atoms with van der Waals surface area (Å²) in [5, 5.41) is 1.12. The topological polar surface area (TPSA) is 64.3 Å². The first-order valence-electron chi connectivity index (χ1n) is 7.46. The third kappa shape index (κ3) is 2.70. The lowest BCUT2D eigenvalue weighted by Crippen LogP contribution is -2.44. The highest BCUT2D eigenvalue weighted by Gasteiger charge is 2.28. The SMILES string of the molecule is CCc1cc2c(N3CCC(C)C(OC)C3)nc(N)nc2s1. The van der Waals surface area contributed by atoms with Crippen molar-refractivity contribution in [2.75, 3.05) is 30.8 Å². The molecular formula is C15H22N4OS. The van der Waals surface area contributed by atoms with Gasteiger partial charge in [-0.25, -0.2) is 4.98 Å². The molecule has 5 nitrogen and oxygen atoms in total. The summed E-state index contributed by atoms with van der Waals surface area (Å²) < 4.78 is 5.61. The summed E-state index contributed by atoms with van der Waals surface area (Å²) >= 11 is 1.71. The highest BCUT2D eigenvalue weighted by atomic mass is 32.1. The Morgan fingerprint density at radius 2 is 2.29 bits per heavy atom. The highest BCUT2D eigenvalue weighted by molar-refractivity contribution is 7.18. The van der Waals surface area contributed by atoms with Gasteiger partial charge in [0, 0.05) is 25.1 Å². The van der Waals surface area contributed by atoms with Crippen LogP contribution in [0.15, 0.2) is 6.07 Å². The molecule has 21 heavy (non-hydrogen) atoms. The molecule has 2 atom stereocenters. The smallest absolute Gasteiger partial charge is 0.223 e. The van der Waals surface area contributed by atoms with Gasteiger partial charge in [0.15, 0.2) is 0 Å². The number of nitrogen functional groups attached to an aromatic ring is 1. The molecule has 2 unspecified atom stereocenters. The van der Waals surface area contributed by atoms with Crippen molar-refractivity contribution >= 4 is 33.3 Å². The number of hydrogen-bond donors (Lipinski definition) is 1. The monoisotopic (exact) mass is 306 g/mol. The van der Waals surface area contributed by atoms with Crippen LogP contribution in [0.3, 0.4) is 0 Å². The Morgan fingerprint density at radius 1 is 1.48 bits per heavy atom. The van der Waals surface area contributed by atoms with Gasteiger partial charge in [0.25, 0.3) is 0 Å². The van der Waals surface area contributed by atoms with E-state index in [1.54, 1.807) is 18.4 Å². The van der Waals surface area contributed by atoms with Gasteiger partial charge in [-0.2, -0.15) is 4.98 Å². The van der Waals surface area contributed by atoms with Crippen molar-refractivity contribution in [3.05, 3.63) is 10.9 Å². The molecule has 0 amide bonds. The molecule has 0 aromatic carbocycles. The number of ether oxygens (including phenoxy) is 1. The van der Waals surface area contributed by atoms with Crippen LogP contribution in [0.25, 0.3) is 10.2 Å².